The molecular weight excluding hydrogens is 472 g/mol. The van der Waals surface area contributed by atoms with Crippen molar-refractivity contribution in [3.05, 3.63) is 12.2 Å². The summed E-state index contributed by atoms with van der Waals surface area (Å²) in [4.78, 5) is 83.0. The molecule has 1 atom stereocenters. The quantitative estimate of drug-likeness (QED) is 0.264. The SMILES string of the molecule is CC1(C)COC(=O)CCC(=O)CC(=O)SCCNC(=O)CCNC(=O)[C@@H]1OC(=O)/C=C/C(=O)O. The van der Waals surface area contributed by atoms with Crippen LogP contribution in [0.1, 0.15) is 39.5 Å². The molecule has 1 saturated heterocycles. The Bertz CT molecular complexity index is 852. The van der Waals surface area contributed by atoms with Crippen molar-refractivity contribution in [3.8, 4) is 0 Å². The van der Waals surface area contributed by atoms with Crippen molar-refractivity contribution in [3.63, 3.8) is 0 Å². The number of thioether (sulfide) groups is 1. The lowest BCUT2D eigenvalue weighted by molar-refractivity contribution is -0.165. The van der Waals surface area contributed by atoms with E-state index in [4.69, 9.17) is 14.6 Å². The average molecular weight is 501 g/mol. The van der Waals surface area contributed by atoms with Gasteiger partial charge in [-0.15, -0.1) is 0 Å². The maximum Gasteiger partial charge on any atom is 0.331 e. The van der Waals surface area contributed by atoms with E-state index < -0.39 is 47.0 Å². The predicted molar refractivity (Wildman–Crippen MR) is 118 cm³/mol. The number of carbonyl (C=O) groups excluding carboxylic acids is 6. The van der Waals surface area contributed by atoms with Crippen LogP contribution in [0.25, 0.3) is 0 Å². The van der Waals surface area contributed by atoms with Gasteiger partial charge in [0, 0.05) is 49.3 Å². The van der Waals surface area contributed by atoms with Crippen LogP contribution in [0.3, 0.4) is 0 Å². The zero-order valence-corrected chi connectivity index (χ0v) is 19.7. The van der Waals surface area contributed by atoms with Gasteiger partial charge in [-0.3, -0.25) is 24.0 Å². The first kappa shape index (κ1) is 28.8. The van der Waals surface area contributed by atoms with Crippen LogP contribution >= 0.6 is 11.8 Å². The molecule has 13 heteroatoms. The highest BCUT2D eigenvalue weighted by Crippen LogP contribution is 2.25. The molecule has 0 saturated carbocycles. The monoisotopic (exact) mass is 500 g/mol. The maximum atomic E-state index is 12.7. The number of ketones is 1. The van der Waals surface area contributed by atoms with E-state index in [1.807, 2.05) is 0 Å². The van der Waals surface area contributed by atoms with Gasteiger partial charge in [-0.25, -0.2) is 9.59 Å². The lowest BCUT2D eigenvalue weighted by atomic mass is 9.86. The summed E-state index contributed by atoms with van der Waals surface area (Å²) < 4.78 is 10.3. The summed E-state index contributed by atoms with van der Waals surface area (Å²) in [5, 5.41) is 13.3. The molecule has 0 aliphatic carbocycles. The number of hydrogen-bond acceptors (Lipinski definition) is 10. The van der Waals surface area contributed by atoms with Gasteiger partial charge < -0.3 is 25.2 Å². The zero-order chi connectivity index (χ0) is 25.7. The summed E-state index contributed by atoms with van der Waals surface area (Å²) >= 11 is 0.890. The van der Waals surface area contributed by atoms with Gasteiger partial charge in [0.1, 0.15) is 12.4 Å². The molecule has 0 radical (unpaired) electrons. The third-order valence-electron chi connectivity index (χ3n) is 4.44. The topological polar surface area (TPSA) is 182 Å². The molecule has 0 unspecified atom stereocenters. The normalized spacial score (nSPS) is 21.9. The van der Waals surface area contributed by atoms with Crippen molar-refractivity contribution < 1.29 is 48.1 Å². The summed E-state index contributed by atoms with van der Waals surface area (Å²) in [6.07, 6.45) is -1.25. The fraction of sp³-hybridized carbons (Fsp3) is 0.571. The summed E-state index contributed by atoms with van der Waals surface area (Å²) in [5.74, 6) is -4.60. The number of Topliss-reactive ketones (excluding diaryl/α,β-unsaturated/α-hetero) is 1. The maximum absolute atomic E-state index is 12.7. The number of carboxylic acids is 1. The second-order valence-electron chi connectivity index (χ2n) is 7.96. The van der Waals surface area contributed by atoms with E-state index in [2.05, 4.69) is 10.6 Å². The van der Waals surface area contributed by atoms with Crippen LogP contribution < -0.4 is 10.6 Å². The van der Waals surface area contributed by atoms with Crippen molar-refractivity contribution in [1.82, 2.24) is 10.6 Å². The summed E-state index contributed by atoms with van der Waals surface area (Å²) in [7, 11) is 0. The zero-order valence-electron chi connectivity index (χ0n) is 18.9. The minimum absolute atomic E-state index is 0.0971. The van der Waals surface area contributed by atoms with Gasteiger partial charge in [-0.05, 0) is 0 Å². The summed E-state index contributed by atoms with van der Waals surface area (Å²) in [5.41, 5.74) is -1.26. The Hall–Kier alpha value is -3.22. The minimum Gasteiger partial charge on any atom is -0.478 e. The van der Waals surface area contributed by atoms with Gasteiger partial charge in [0.2, 0.25) is 5.91 Å². The molecule has 34 heavy (non-hydrogen) atoms. The average Bonchev–Trinajstić information content (AvgIpc) is 2.75. The fourth-order valence-corrected chi connectivity index (χ4v) is 3.35. The number of amides is 2. The highest BCUT2D eigenvalue weighted by molar-refractivity contribution is 8.13. The molecule has 3 N–H and O–H groups in total. The van der Waals surface area contributed by atoms with Crippen LogP contribution in [0.5, 0.6) is 0 Å². The van der Waals surface area contributed by atoms with Gasteiger partial charge >= 0.3 is 17.9 Å². The molecule has 2 amide bonds. The van der Waals surface area contributed by atoms with Crippen LogP contribution in [0, 0.1) is 5.41 Å². The highest BCUT2D eigenvalue weighted by Gasteiger charge is 2.39. The van der Waals surface area contributed by atoms with Crippen LogP contribution in [-0.4, -0.2) is 77.3 Å². The Morgan fingerprint density at radius 1 is 1.06 bits per heavy atom. The number of cyclic esters (lactones) is 1. The highest BCUT2D eigenvalue weighted by atomic mass is 32.2. The van der Waals surface area contributed by atoms with Crippen molar-refractivity contribution >= 4 is 52.4 Å². The molecule has 12 nitrogen and oxygen atoms in total. The van der Waals surface area contributed by atoms with Crippen molar-refractivity contribution in [2.24, 2.45) is 5.41 Å². The number of rotatable bonds is 3. The molecular formula is C21H28N2O10S. The van der Waals surface area contributed by atoms with Crippen LogP contribution in [-0.2, 0) is 43.0 Å². The molecule has 0 aromatic carbocycles. The number of aliphatic carboxylic acids is 1. The first-order valence-electron chi connectivity index (χ1n) is 10.4. The standard InChI is InChI=1S/C21H28N2O10S/c1-21(2)12-32-16(28)5-3-13(24)11-18(30)34-10-9-22-14(25)7-8-23-20(31)19(21)33-17(29)6-4-15(26)27/h4,6,19H,3,5,7-12H2,1-2H3,(H,22,25)(H,23,31)(H,26,27)/b6-4+/t19-/m0/s1. The predicted octanol–water partition coefficient (Wildman–Crippen LogP) is -0.256. The van der Waals surface area contributed by atoms with E-state index in [1.54, 1.807) is 0 Å². The van der Waals surface area contributed by atoms with Gasteiger partial charge in [0.05, 0.1) is 12.8 Å². The Labute approximate surface area is 200 Å². The lowest BCUT2D eigenvalue weighted by Crippen LogP contribution is -2.49. The molecule has 1 rings (SSSR count). The van der Waals surface area contributed by atoms with Crippen LogP contribution in [0.2, 0.25) is 0 Å². The van der Waals surface area contributed by atoms with Gasteiger partial charge in [0.25, 0.3) is 5.91 Å². The van der Waals surface area contributed by atoms with E-state index >= 15 is 0 Å². The van der Waals surface area contributed by atoms with E-state index in [0.717, 1.165) is 11.8 Å². The summed E-state index contributed by atoms with van der Waals surface area (Å²) in [6, 6.07) is 0. The molecule has 0 spiro atoms. The second kappa shape index (κ2) is 14.1. The number of carboxylic acid groups (broad SMARTS) is 1. The van der Waals surface area contributed by atoms with E-state index in [1.165, 1.54) is 13.8 Å². The number of hydrogen-bond donors (Lipinski definition) is 3. The van der Waals surface area contributed by atoms with Crippen LogP contribution in [0.4, 0.5) is 0 Å². The molecule has 1 heterocycles. The first-order valence-corrected chi connectivity index (χ1v) is 11.4. The van der Waals surface area contributed by atoms with Crippen molar-refractivity contribution in [1.29, 1.82) is 0 Å². The van der Waals surface area contributed by atoms with E-state index in [0.29, 0.717) is 12.2 Å². The third kappa shape index (κ3) is 11.6. The first-order chi connectivity index (χ1) is 15.9. The molecule has 0 aromatic rings. The number of esters is 2. The Morgan fingerprint density at radius 3 is 2.44 bits per heavy atom. The Balaban J connectivity index is 2.99. The Morgan fingerprint density at radius 2 is 1.76 bits per heavy atom. The molecule has 1 aliphatic rings. The van der Waals surface area contributed by atoms with Gasteiger partial charge in [0.15, 0.2) is 11.2 Å². The molecule has 0 bridgehead atoms. The van der Waals surface area contributed by atoms with Crippen molar-refractivity contribution in [2.75, 3.05) is 25.4 Å². The number of carbonyl (C=O) groups is 7. The van der Waals surface area contributed by atoms with Crippen molar-refractivity contribution in [2.45, 2.75) is 45.6 Å². The number of nitrogens with one attached hydrogen (secondary N) is 2. The lowest BCUT2D eigenvalue weighted by Gasteiger charge is -2.32. The largest absolute Gasteiger partial charge is 0.478 e. The molecule has 188 valence electrons. The Kier molecular flexibility index (Phi) is 12.0. The summed E-state index contributed by atoms with van der Waals surface area (Å²) in [6.45, 7) is 2.67. The van der Waals surface area contributed by atoms with Crippen LogP contribution in [0.15, 0.2) is 12.2 Å². The fourth-order valence-electron chi connectivity index (χ4n) is 2.65. The smallest absolute Gasteiger partial charge is 0.331 e. The third-order valence-corrected chi connectivity index (χ3v) is 5.31. The molecule has 0 aromatic heterocycles. The van der Waals surface area contributed by atoms with Gasteiger partial charge in [-0.2, -0.15) is 0 Å². The molecule has 1 fully saturated rings. The van der Waals surface area contributed by atoms with E-state index in [9.17, 15) is 33.6 Å². The van der Waals surface area contributed by atoms with E-state index in [-0.39, 0.29) is 56.2 Å². The van der Waals surface area contributed by atoms with Gasteiger partial charge in [-0.1, -0.05) is 25.6 Å². The molecule has 1 aliphatic heterocycles. The number of ether oxygens (including phenoxy) is 2. The second-order valence-corrected chi connectivity index (χ2v) is 9.12. The minimum atomic E-state index is -1.49.